The first-order chi connectivity index (χ1) is 11.9. The van der Waals surface area contributed by atoms with Gasteiger partial charge in [0.2, 0.25) is 0 Å². The zero-order chi connectivity index (χ0) is 18.0. The van der Waals surface area contributed by atoms with Gasteiger partial charge < -0.3 is 24.8 Å². The molecule has 0 radical (unpaired) electrons. The van der Waals surface area contributed by atoms with Crippen LogP contribution < -0.4 is 14.8 Å². The number of likely N-dealkylation sites (tertiary alicyclic amines) is 1. The van der Waals surface area contributed by atoms with E-state index in [1.807, 2.05) is 6.92 Å². The van der Waals surface area contributed by atoms with Crippen LogP contribution in [0.15, 0.2) is 12.1 Å². The van der Waals surface area contributed by atoms with Gasteiger partial charge in [0.25, 0.3) is 0 Å². The fourth-order valence-corrected chi connectivity index (χ4v) is 3.37. The van der Waals surface area contributed by atoms with E-state index in [4.69, 9.17) is 21.1 Å². The number of piperidine rings is 1. The number of hydrogen-bond donors (Lipinski definition) is 2. The van der Waals surface area contributed by atoms with Crippen LogP contribution in [0.3, 0.4) is 0 Å². The predicted octanol–water partition coefficient (Wildman–Crippen LogP) is 3.08. The maximum absolute atomic E-state index is 12.6. The minimum atomic E-state index is -0.877. The predicted molar refractivity (Wildman–Crippen MR) is 92.6 cm³/mol. The molecular weight excluding hydrogens is 348 g/mol. The molecule has 2 aliphatic heterocycles. The minimum Gasteiger partial charge on any atom is -0.490 e. The fourth-order valence-electron chi connectivity index (χ4n) is 3.17. The van der Waals surface area contributed by atoms with Gasteiger partial charge in [0, 0.05) is 31.6 Å². The van der Waals surface area contributed by atoms with Crippen LogP contribution in [0.1, 0.15) is 19.8 Å². The van der Waals surface area contributed by atoms with Crippen molar-refractivity contribution in [2.45, 2.75) is 19.8 Å². The molecule has 2 unspecified atom stereocenters. The number of aliphatic carboxylic acids is 1. The highest BCUT2D eigenvalue weighted by atomic mass is 35.5. The molecule has 0 saturated carbocycles. The molecule has 1 fully saturated rings. The van der Waals surface area contributed by atoms with Crippen LogP contribution in [0, 0.1) is 11.8 Å². The number of carboxylic acid groups (broad SMARTS) is 1. The van der Waals surface area contributed by atoms with Crippen LogP contribution in [-0.2, 0) is 4.79 Å². The van der Waals surface area contributed by atoms with Crippen LogP contribution in [0.5, 0.6) is 11.5 Å². The third-order valence-corrected chi connectivity index (χ3v) is 4.69. The van der Waals surface area contributed by atoms with Gasteiger partial charge in [-0.25, -0.2) is 4.79 Å². The Morgan fingerprint density at radius 2 is 1.92 bits per heavy atom. The van der Waals surface area contributed by atoms with Crippen molar-refractivity contribution in [3.8, 4) is 11.5 Å². The average Bonchev–Trinajstić information content (AvgIpc) is 2.79. The zero-order valence-electron chi connectivity index (χ0n) is 14.0. The van der Waals surface area contributed by atoms with Gasteiger partial charge in [-0.15, -0.1) is 0 Å². The molecule has 1 aromatic rings. The van der Waals surface area contributed by atoms with Crippen molar-refractivity contribution in [1.29, 1.82) is 0 Å². The van der Waals surface area contributed by atoms with E-state index in [-0.39, 0.29) is 18.5 Å². The Kier molecular flexibility index (Phi) is 5.22. The number of ether oxygens (including phenoxy) is 2. The lowest BCUT2D eigenvalue weighted by Gasteiger charge is -2.34. The molecule has 0 aliphatic carbocycles. The van der Waals surface area contributed by atoms with E-state index in [1.54, 1.807) is 12.1 Å². The highest BCUT2D eigenvalue weighted by molar-refractivity contribution is 6.34. The van der Waals surface area contributed by atoms with E-state index in [9.17, 15) is 14.7 Å². The van der Waals surface area contributed by atoms with Crippen molar-refractivity contribution >= 4 is 29.3 Å². The number of anilines is 1. The van der Waals surface area contributed by atoms with Gasteiger partial charge in [-0.1, -0.05) is 18.5 Å². The summed E-state index contributed by atoms with van der Waals surface area (Å²) in [6, 6.07) is 2.90. The molecule has 7 nitrogen and oxygen atoms in total. The van der Waals surface area contributed by atoms with E-state index in [0.29, 0.717) is 48.4 Å². The summed E-state index contributed by atoms with van der Waals surface area (Å²) in [6.07, 6.45) is 1.35. The first-order valence-corrected chi connectivity index (χ1v) is 8.69. The number of carbonyl (C=O) groups excluding carboxylic acids is 1. The molecule has 2 amide bonds. The third kappa shape index (κ3) is 4.10. The summed E-state index contributed by atoms with van der Waals surface area (Å²) in [7, 11) is 0. The number of nitrogens with zero attached hydrogens (tertiary/aromatic N) is 1. The Labute approximate surface area is 150 Å². The molecule has 25 heavy (non-hydrogen) atoms. The molecule has 1 aromatic carbocycles. The van der Waals surface area contributed by atoms with Crippen LogP contribution in [-0.4, -0.2) is 48.3 Å². The molecular formula is C17H21ClN2O5. The molecule has 0 spiro atoms. The zero-order valence-corrected chi connectivity index (χ0v) is 14.7. The number of benzene rings is 1. The first kappa shape index (κ1) is 17.7. The number of carbonyl (C=O) groups is 2. The number of fused-ring (bicyclic) bond motifs is 1. The number of amides is 2. The number of carboxylic acids is 1. The van der Waals surface area contributed by atoms with Gasteiger partial charge in [0.05, 0.1) is 29.8 Å². The molecule has 136 valence electrons. The van der Waals surface area contributed by atoms with Crippen molar-refractivity contribution in [1.82, 2.24) is 4.90 Å². The van der Waals surface area contributed by atoms with Gasteiger partial charge in [0.15, 0.2) is 11.5 Å². The monoisotopic (exact) mass is 368 g/mol. The van der Waals surface area contributed by atoms with Crippen LogP contribution in [0.4, 0.5) is 10.5 Å². The van der Waals surface area contributed by atoms with Crippen molar-refractivity contribution in [2.75, 3.05) is 31.6 Å². The number of hydrogen-bond acceptors (Lipinski definition) is 4. The second-order valence-corrected chi connectivity index (χ2v) is 6.95. The Bertz CT molecular complexity index is 681. The molecule has 0 aromatic heterocycles. The summed E-state index contributed by atoms with van der Waals surface area (Å²) in [5.41, 5.74) is 0.418. The maximum Gasteiger partial charge on any atom is 0.321 e. The number of rotatable bonds is 2. The molecule has 0 bridgehead atoms. The van der Waals surface area contributed by atoms with E-state index in [1.165, 1.54) is 4.90 Å². The smallest absolute Gasteiger partial charge is 0.321 e. The number of urea groups is 1. The molecule has 2 N–H and O–H groups in total. The van der Waals surface area contributed by atoms with E-state index >= 15 is 0 Å². The topological polar surface area (TPSA) is 88.1 Å². The van der Waals surface area contributed by atoms with Gasteiger partial charge in [0.1, 0.15) is 0 Å². The van der Waals surface area contributed by atoms with Crippen molar-refractivity contribution in [3.63, 3.8) is 0 Å². The van der Waals surface area contributed by atoms with Crippen LogP contribution in [0.2, 0.25) is 5.02 Å². The minimum absolute atomic E-state index is 0.125. The number of nitrogens with one attached hydrogen (secondary N) is 1. The third-order valence-electron chi connectivity index (χ3n) is 4.37. The lowest BCUT2D eigenvalue weighted by Crippen LogP contribution is -2.47. The Morgan fingerprint density at radius 1 is 1.24 bits per heavy atom. The molecule has 2 heterocycles. The van der Waals surface area contributed by atoms with Crippen LogP contribution >= 0.6 is 11.6 Å². The Hall–Kier alpha value is -2.15. The van der Waals surface area contributed by atoms with Gasteiger partial charge in [-0.05, 0) is 12.3 Å². The summed E-state index contributed by atoms with van der Waals surface area (Å²) in [6.45, 7) is 3.73. The summed E-state index contributed by atoms with van der Waals surface area (Å²) in [5, 5.41) is 12.3. The lowest BCUT2D eigenvalue weighted by molar-refractivity contribution is -0.143. The molecule has 2 aliphatic rings. The summed E-state index contributed by atoms with van der Waals surface area (Å²) in [4.78, 5) is 25.3. The Morgan fingerprint density at radius 3 is 2.60 bits per heavy atom. The van der Waals surface area contributed by atoms with Crippen molar-refractivity contribution in [3.05, 3.63) is 17.2 Å². The maximum atomic E-state index is 12.6. The standard InChI is InChI=1S/C17H21ClN2O5/c1-10-5-11(16(21)22)9-20(8-10)17(23)19-13-7-15-14(6-12(13)18)24-3-2-4-25-15/h6-7,10-11H,2-5,8-9H2,1H3,(H,19,23)(H,21,22). The molecule has 1 saturated heterocycles. The largest absolute Gasteiger partial charge is 0.490 e. The SMILES string of the molecule is CC1CC(C(=O)O)CN(C(=O)Nc2cc3c(cc2Cl)OCCCO3)C1. The Balaban J connectivity index is 1.74. The van der Waals surface area contributed by atoms with Gasteiger partial charge in [-0.3, -0.25) is 4.79 Å². The molecule has 3 rings (SSSR count). The highest BCUT2D eigenvalue weighted by Crippen LogP contribution is 2.38. The first-order valence-electron chi connectivity index (χ1n) is 8.32. The summed E-state index contributed by atoms with van der Waals surface area (Å²) < 4.78 is 11.2. The highest BCUT2D eigenvalue weighted by Gasteiger charge is 2.32. The number of halogens is 1. The van der Waals surface area contributed by atoms with E-state index < -0.39 is 11.9 Å². The van der Waals surface area contributed by atoms with Gasteiger partial charge >= 0.3 is 12.0 Å². The summed E-state index contributed by atoms with van der Waals surface area (Å²) in [5.74, 6) is -0.211. The van der Waals surface area contributed by atoms with E-state index in [0.717, 1.165) is 6.42 Å². The lowest BCUT2D eigenvalue weighted by atomic mass is 9.91. The van der Waals surface area contributed by atoms with E-state index in [2.05, 4.69) is 5.32 Å². The van der Waals surface area contributed by atoms with Crippen molar-refractivity contribution in [2.24, 2.45) is 11.8 Å². The van der Waals surface area contributed by atoms with Crippen LogP contribution in [0.25, 0.3) is 0 Å². The second kappa shape index (κ2) is 7.39. The second-order valence-electron chi connectivity index (χ2n) is 6.54. The molecule has 2 atom stereocenters. The van der Waals surface area contributed by atoms with Gasteiger partial charge in [-0.2, -0.15) is 0 Å². The molecule has 8 heteroatoms. The average molecular weight is 369 g/mol. The summed E-state index contributed by atoms with van der Waals surface area (Å²) >= 11 is 6.24. The fraction of sp³-hybridized carbons (Fsp3) is 0.529. The quantitative estimate of drug-likeness (QED) is 0.837. The van der Waals surface area contributed by atoms with Crippen molar-refractivity contribution < 1.29 is 24.2 Å². The normalized spacial score (nSPS) is 22.9.